The van der Waals surface area contributed by atoms with Crippen molar-refractivity contribution in [3.8, 4) is 5.75 Å². The van der Waals surface area contributed by atoms with Crippen molar-refractivity contribution in [2.24, 2.45) is 0 Å². The molecule has 5 nitrogen and oxygen atoms in total. The van der Waals surface area contributed by atoms with Crippen LogP contribution in [0.1, 0.15) is 32.8 Å². The van der Waals surface area contributed by atoms with E-state index in [1.807, 2.05) is 6.08 Å². The zero-order valence-electron chi connectivity index (χ0n) is 16.1. The number of carbonyl (C=O) groups is 1. The number of nitrogens with zero attached hydrogens (tertiary/aromatic N) is 1. The third kappa shape index (κ3) is 5.19. The minimum Gasteiger partial charge on any atom is -0.444 e. The molecule has 1 fully saturated rings. The van der Waals surface area contributed by atoms with E-state index >= 15 is 0 Å². The van der Waals surface area contributed by atoms with Crippen molar-refractivity contribution in [2.75, 3.05) is 13.2 Å². The lowest BCUT2D eigenvalue weighted by Gasteiger charge is -2.44. The van der Waals surface area contributed by atoms with Crippen LogP contribution in [-0.2, 0) is 15.9 Å². The summed E-state index contributed by atoms with van der Waals surface area (Å²) < 4.78 is 53.2. The number of alkyl halides is 3. The van der Waals surface area contributed by atoms with Crippen LogP contribution < -0.4 is 4.74 Å². The molecule has 1 amide bonds. The Morgan fingerprint density at radius 3 is 2.57 bits per heavy atom. The second-order valence-electron chi connectivity index (χ2n) is 8.01. The third-order valence-corrected chi connectivity index (χ3v) is 4.50. The van der Waals surface area contributed by atoms with E-state index in [-0.39, 0.29) is 17.8 Å². The maximum atomic E-state index is 12.7. The van der Waals surface area contributed by atoms with Gasteiger partial charge in [0, 0.05) is 0 Å². The molecule has 2 heterocycles. The second-order valence-corrected chi connectivity index (χ2v) is 8.01. The topological polar surface area (TPSA) is 48.0 Å². The summed E-state index contributed by atoms with van der Waals surface area (Å²) in [6, 6.07) is 5.61. The molecule has 0 aromatic heterocycles. The number of morpholine rings is 1. The van der Waals surface area contributed by atoms with Gasteiger partial charge < -0.3 is 14.2 Å². The quantitative estimate of drug-likeness (QED) is 0.704. The van der Waals surface area contributed by atoms with Crippen molar-refractivity contribution in [1.29, 1.82) is 0 Å². The molecule has 2 aliphatic rings. The highest BCUT2D eigenvalue weighted by Gasteiger charge is 2.40. The van der Waals surface area contributed by atoms with Crippen molar-refractivity contribution < 1.29 is 32.2 Å². The van der Waals surface area contributed by atoms with E-state index in [1.165, 1.54) is 12.1 Å². The molecule has 0 aliphatic carbocycles. The highest BCUT2D eigenvalue weighted by molar-refractivity contribution is 5.70. The summed E-state index contributed by atoms with van der Waals surface area (Å²) >= 11 is 0. The molecule has 2 atom stereocenters. The third-order valence-electron chi connectivity index (χ3n) is 4.50. The van der Waals surface area contributed by atoms with Gasteiger partial charge in [0.05, 0.1) is 25.3 Å². The van der Waals surface area contributed by atoms with E-state index in [0.29, 0.717) is 31.6 Å². The number of rotatable bonds is 3. The Bertz CT molecular complexity index is 755. The summed E-state index contributed by atoms with van der Waals surface area (Å²) in [7, 11) is 0. The normalized spacial score (nSPS) is 22.5. The number of amides is 1. The molecule has 8 heteroatoms. The van der Waals surface area contributed by atoms with Gasteiger partial charge in [0.1, 0.15) is 11.4 Å². The number of carbonyl (C=O) groups excluding carboxylic acids is 1. The first kappa shape index (κ1) is 20.5. The first-order valence-corrected chi connectivity index (χ1v) is 9.14. The summed E-state index contributed by atoms with van der Waals surface area (Å²) in [5.41, 5.74) is 0.802. The summed E-state index contributed by atoms with van der Waals surface area (Å²) in [5, 5.41) is 0. The average Bonchev–Trinajstić information content (AvgIpc) is 2.53. The summed E-state index contributed by atoms with van der Waals surface area (Å²) in [5.74, 6) is -0.202. The fourth-order valence-electron chi connectivity index (χ4n) is 3.53. The number of hydrogen-bond donors (Lipinski definition) is 0. The van der Waals surface area contributed by atoms with Gasteiger partial charge in [-0.05, 0) is 45.2 Å². The zero-order chi connectivity index (χ0) is 20.5. The van der Waals surface area contributed by atoms with Crippen molar-refractivity contribution in [2.45, 2.75) is 57.7 Å². The van der Waals surface area contributed by atoms with Gasteiger partial charge in [0.2, 0.25) is 0 Å². The molecule has 3 rings (SSSR count). The molecular weight excluding hydrogens is 375 g/mol. The molecular formula is C20H24F3NO4. The highest BCUT2D eigenvalue weighted by Crippen LogP contribution is 2.33. The standard InChI is InChI=1S/C20H24F3NO4/c1-19(2,3)28-18(25)24-15-9-13(10-16(24)12-26-11-15)8-14-6-4-5-7-17(14)27-20(21,22)23/h4-7,9,15-16H,8,10-12H2,1-3H3. The van der Waals surface area contributed by atoms with Crippen molar-refractivity contribution in [3.63, 3.8) is 0 Å². The molecule has 154 valence electrons. The SMILES string of the molecule is CC(C)(C)OC(=O)N1C2C=C(Cc3ccccc3OC(F)(F)F)CC1COC2. The van der Waals surface area contributed by atoms with Gasteiger partial charge in [-0.15, -0.1) is 13.2 Å². The molecule has 0 spiro atoms. The van der Waals surface area contributed by atoms with Crippen LogP contribution >= 0.6 is 0 Å². The zero-order valence-corrected chi connectivity index (χ0v) is 16.1. The van der Waals surface area contributed by atoms with Crippen LogP contribution in [0, 0.1) is 0 Å². The van der Waals surface area contributed by atoms with E-state index in [9.17, 15) is 18.0 Å². The summed E-state index contributed by atoms with van der Waals surface area (Å²) in [6.07, 6.45) is -2.42. The van der Waals surface area contributed by atoms with Crippen LogP contribution in [0.2, 0.25) is 0 Å². The number of hydrogen-bond acceptors (Lipinski definition) is 4. The fourth-order valence-corrected chi connectivity index (χ4v) is 3.53. The minimum absolute atomic E-state index is 0.202. The Kier molecular flexibility index (Phi) is 5.61. The largest absolute Gasteiger partial charge is 0.573 e. The lowest BCUT2D eigenvalue weighted by Crippen LogP contribution is -2.57. The van der Waals surface area contributed by atoms with Crippen LogP contribution in [0.4, 0.5) is 18.0 Å². The number of fused-ring (bicyclic) bond motifs is 2. The molecule has 0 radical (unpaired) electrons. The second kappa shape index (κ2) is 7.66. The Hall–Kier alpha value is -2.22. The van der Waals surface area contributed by atoms with E-state index < -0.39 is 18.1 Å². The van der Waals surface area contributed by atoms with E-state index in [2.05, 4.69) is 4.74 Å². The van der Waals surface area contributed by atoms with Gasteiger partial charge >= 0.3 is 12.5 Å². The van der Waals surface area contributed by atoms with Crippen molar-refractivity contribution in [1.82, 2.24) is 4.90 Å². The van der Waals surface area contributed by atoms with E-state index in [0.717, 1.165) is 5.57 Å². The maximum Gasteiger partial charge on any atom is 0.573 e. The number of ether oxygens (including phenoxy) is 3. The molecule has 2 unspecified atom stereocenters. The summed E-state index contributed by atoms with van der Waals surface area (Å²) in [4.78, 5) is 14.3. The lowest BCUT2D eigenvalue weighted by atomic mass is 9.90. The maximum absolute atomic E-state index is 12.7. The van der Waals surface area contributed by atoms with Gasteiger partial charge in [0.15, 0.2) is 0 Å². The molecule has 1 aromatic rings. The van der Waals surface area contributed by atoms with Gasteiger partial charge in [-0.1, -0.05) is 29.8 Å². The van der Waals surface area contributed by atoms with Crippen LogP contribution in [0.25, 0.3) is 0 Å². The first-order valence-electron chi connectivity index (χ1n) is 9.14. The summed E-state index contributed by atoms with van der Waals surface area (Å²) in [6.45, 7) is 6.12. The fraction of sp³-hybridized carbons (Fsp3) is 0.550. The van der Waals surface area contributed by atoms with Crippen molar-refractivity contribution in [3.05, 3.63) is 41.5 Å². The molecule has 2 aliphatic heterocycles. The van der Waals surface area contributed by atoms with Gasteiger partial charge in [0.25, 0.3) is 0 Å². The predicted octanol–water partition coefficient (Wildman–Crippen LogP) is 4.46. The molecule has 1 aromatic carbocycles. The number of halogens is 3. The van der Waals surface area contributed by atoms with Crippen LogP contribution in [0.3, 0.4) is 0 Å². The lowest BCUT2D eigenvalue weighted by molar-refractivity contribution is -0.274. The smallest absolute Gasteiger partial charge is 0.444 e. The van der Waals surface area contributed by atoms with Crippen LogP contribution in [0.5, 0.6) is 5.75 Å². The van der Waals surface area contributed by atoms with Crippen LogP contribution in [0.15, 0.2) is 35.9 Å². The van der Waals surface area contributed by atoms with Crippen molar-refractivity contribution >= 4 is 6.09 Å². The Morgan fingerprint density at radius 2 is 1.93 bits per heavy atom. The number of para-hydroxylation sites is 1. The Morgan fingerprint density at radius 1 is 1.21 bits per heavy atom. The molecule has 0 saturated carbocycles. The van der Waals surface area contributed by atoms with Gasteiger partial charge in [-0.2, -0.15) is 0 Å². The molecule has 2 bridgehead atoms. The van der Waals surface area contributed by atoms with Gasteiger partial charge in [-0.25, -0.2) is 4.79 Å². The van der Waals surface area contributed by atoms with Gasteiger partial charge in [-0.3, -0.25) is 4.90 Å². The number of benzene rings is 1. The highest BCUT2D eigenvalue weighted by atomic mass is 19.4. The average molecular weight is 399 g/mol. The molecule has 28 heavy (non-hydrogen) atoms. The Labute approximate surface area is 162 Å². The first-order chi connectivity index (χ1) is 13.0. The van der Waals surface area contributed by atoms with E-state index in [4.69, 9.17) is 9.47 Å². The molecule has 0 N–H and O–H groups in total. The van der Waals surface area contributed by atoms with Crippen LogP contribution in [-0.4, -0.2) is 48.3 Å². The Balaban J connectivity index is 1.78. The monoisotopic (exact) mass is 399 g/mol. The van der Waals surface area contributed by atoms with E-state index in [1.54, 1.807) is 37.8 Å². The predicted molar refractivity (Wildman–Crippen MR) is 96.0 cm³/mol. The minimum atomic E-state index is -4.74. The molecule has 1 saturated heterocycles.